The molecule has 9 aromatic rings. The second-order valence-electron chi connectivity index (χ2n) is 15.9. The van der Waals surface area contributed by atoms with Crippen LogP contribution in [0.15, 0.2) is 144 Å². The molecule has 0 atom stereocenters. The van der Waals surface area contributed by atoms with Crippen molar-refractivity contribution in [1.29, 1.82) is 15.8 Å². The number of amides is 1. The number of likely N-dealkylation sites (N-methyl/N-ethyl adjacent to an activating group) is 1. The molecule has 0 bridgehead atoms. The van der Waals surface area contributed by atoms with E-state index in [0.29, 0.717) is 56.7 Å². The molecule has 4 N–H and O–H groups in total. The van der Waals surface area contributed by atoms with Crippen molar-refractivity contribution in [1.82, 2.24) is 44.7 Å². The number of carbonyl (C=O) groups excluding carboxylic acids is 2. The van der Waals surface area contributed by atoms with Gasteiger partial charge in [-0.1, -0.05) is 35.9 Å². The molecule has 0 radical (unpaired) electrons. The van der Waals surface area contributed by atoms with Gasteiger partial charge in [0, 0.05) is 115 Å². The summed E-state index contributed by atoms with van der Waals surface area (Å²) in [7, 11) is 2.09. The minimum Gasteiger partial charge on any atom is -0.877 e. The van der Waals surface area contributed by atoms with Gasteiger partial charge in [-0.2, -0.15) is 15.8 Å². The Morgan fingerprint density at radius 1 is 0.855 bits per heavy atom. The molecule has 1 fully saturated rings. The van der Waals surface area contributed by atoms with Gasteiger partial charge in [-0.15, -0.1) is 6.26 Å². The average molecular weight is 1100 g/mol. The number of nitrogens with zero attached hydrogens (tertiary/aromatic N) is 12. The molecule has 1 aliphatic rings. The predicted molar refractivity (Wildman–Crippen MR) is 288 cm³/mol. The molecular formula is C54H42BrClN15NaO4. The van der Waals surface area contributed by atoms with Crippen LogP contribution in [0.4, 0.5) is 17.2 Å². The Labute approximate surface area is 471 Å². The maximum atomic E-state index is 12.9. The number of nitrogen functional groups attached to an aromatic ring is 1. The Bertz CT molecular complexity index is 3770. The van der Waals surface area contributed by atoms with Gasteiger partial charge >= 0.3 is 29.6 Å². The van der Waals surface area contributed by atoms with Crippen LogP contribution in [0.3, 0.4) is 0 Å². The van der Waals surface area contributed by atoms with Crippen molar-refractivity contribution in [3.63, 3.8) is 0 Å². The number of aromatic nitrogens is 7. The summed E-state index contributed by atoms with van der Waals surface area (Å²) in [6.07, 6.45) is 13.6. The van der Waals surface area contributed by atoms with Crippen LogP contribution >= 0.6 is 27.5 Å². The van der Waals surface area contributed by atoms with Gasteiger partial charge in [-0.3, -0.25) is 14.4 Å². The van der Waals surface area contributed by atoms with E-state index < -0.39 is 0 Å². The molecule has 372 valence electrons. The van der Waals surface area contributed by atoms with E-state index in [1.807, 2.05) is 53.4 Å². The van der Waals surface area contributed by atoms with Crippen LogP contribution in [0, 0.1) is 40.6 Å². The quantitative estimate of drug-likeness (QED) is 0.0652. The summed E-state index contributed by atoms with van der Waals surface area (Å²) in [6.45, 7) is 11.4. The molecule has 1 amide bonds. The number of rotatable bonds is 6. The first-order valence-electron chi connectivity index (χ1n) is 22.5. The third-order valence-electron chi connectivity index (χ3n) is 11.0. The van der Waals surface area contributed by atoms with Crippen LogP contribution in [0.25, 0.3) is 48.7 Å². The maximum Gasteiger partial charge on any atom is 1.00 e. The monoisotopic (exact) mass is 1100 g/mol. The number of fused-ring (bicyclic) bond motifs is 4. The molecule has 7 aromatic heterocycles. The first-order chi connectivity index (χ1) is 36.4. The van der Waals surface area contributed by atoms with Gasteiger partial charge in [0.15, 0.2) is 23.0 Å². The summed E-state index contributed by atoms with van der Waals surface area (Å²) in [4.78, 5) is 69.2. The molecule has 1 aliphatic heterocycles. The molecule has 19 nitrogen and oxygen atoms in total. The Morgan fingerprint density at radius 3 is 2.17 bits per heavy atom. The number of nitriles is 3. The van der Waals surface area contributed by atoms with Crippen molar-refractivity contribution >= 4 is 101 Å². The first-order valence-corrected chi connectivity index (χ1v) is 23.6. The van der Waals surface area contributed by atoms with Gasteiger partial charge in [0.25, 0.3) is 5.91 Å². The number of halogens is 2. The molecule has 0 saturated carbocycles. The standard InChI is InChI=1S/C27H26N6O.C9H4BrN3.C9H5N3O.C6H5ClN2O.C3H3NO.Na/c1-28-23-17-24-25(8-10-30-26(24)31-18-23)29-9-7-19-3-4-21-16-22(6-5-20(21)15-19)27(34)33-13-11-32(2)12-14-33;10-8-1-2-12-9-7(8)3-6(4-11)5-13-9;10-4-6-3-7-8(13)1-2-11-9(7)12-5-6;7-5-1-2-9-6(8)4(5)3-10;4-2-1-3-5;/h3-6,8,10,15-18H,7,9,11-14H2,2H3,(H,29,30,31);1-3,5H;1-3,5H,(H,11,12,13);1-3H,(H2,8,9);1,3,5H;/q;;;;;+1/p-1/b;;;;3-1+;. The van der Waals surface area contributed by atoms with Crippen molar-refractivity contribution < 1.29 is 44.3 Å². The number of aldehydes is 1. The number of nitrogens with two attached hydrogens (primary N) is 1. The molecule has 8 heterocycles. The minimum atomic E-state index is -0.127. The fourth-order valence-corrected chi connectivity index (χ4v) is 7.75. The Morgan fingerprint density at radius 2 is 1.51 bits per heavy atom. The second kappa shape index (κ2) is 29.3. The van der Waals surface area contributed by atoms with E-state index in [9.17, 15) is 14.4 Å². The first kappa shape index (κ1) is 58.2. The van der Waals surface area contributed by atoms with Crippen molar-refractivity contribution in [2.75, 3.05) is 50.8 Å². The van der Waals surface area contributed by atoms with Gasteiger partial charge in [0.1, 0.15) is 23.6 Å². The molecule has 22 heteroatoms. The smallest absolute Gasteiger partial charge is 0.877 e. The normalized spacial score (nSPS) is 11.5. The van der Waals surface area contributed by atoms with E-state index in [-0.39, 0.29) is 52.3 Å². The van der Waals surface area contributed by atoms with Gasteiger partial charge < -0.3 is 30.9 Å². The van der Waals surface area contributed by atoms with E-state index in [1.165, 1.54) is 54.6 Å². The minimum absolute atomic E-state index is 0. The molecule has 0 unspecified atom stereocenters. The second-order valence-corrected chi connectivity index (χ2v) is 17.2. The Hall–Kier alpha value is -8.70. The Balaban J connectivity index is 0.000000208. The van der Waals surface area contributed by atoms with E-state index in [2.05, 4.69) is 91.1 Å². The number of nitrogens with one attached hydrogen (secondary N) is 2. The number of carbonyl (C=O) groups is 2. The van der Waals surface area contributed by atoms with Crippen molar-refractivity contribution in [3.05, 3.63) is 194 Å². The van der Waals surface area contributed by atoms with Crippen LogP contribution < -0.4 is 51.1 Å². The molecule has 1 saturated heterocycles. The van der Waals surface area contributed by atoms with Gasteiger partial charge in [-0.05, 0) is 94.3 Å². The maximum absolute atomic E-state index is 12.9. The SMILES string of the molecule is N#C/C=C/[O-].N#Cc1cnc2[nH]ccc(=O)c2c1.N#Cc1cnc2nccc(Br)c2c1.Nc1nccc(Cl)c1C=O.[C-]#[N+]c1cnc2nccc(NCCc3ccc4cc(C(=O)N5CCN(C)CC5)ccc4c3)c2c1.[Na+]. The fourth-order valence-electron chi connectivity index (χ4n) is 7.14. The van der Waals surface area contributed by atoms with Crippen LogP contribution in [-0.4, -0.2) is 96.7 Å². The van der Waals surface area contributed by atoms with Crippen molar-refractivity contribution in [2.24, 2.45) is 0 Å². The van der Waals surface area contributed by atoms with Gasteiger partial charge in [-0.25, -0.2) is 34.7 Å². The van der Waals surface area contributed by atoms with Crippen LogP contribution in [0.2, 0.25) is 5.02 Å². The van der Waals surface area contributed by atoms with Crippen molar-refractivity contribution in [2.45, 2.75) is 6.42 Å². The van der Waals surface area contributed by atoms with E-state index in [4.69, 9.17) is 44.8 Å². The van der Waals surface area contributed by atoms with Crippen LogP contribution in [0.5, 0.6) is 0 Å². The molecule has 0 spiro atoms. The molecular weight excluding hydrogens is 1060 g/mol. The third-order valence-corrected chi connectivity index (χ3v) is 12.0. The van der Waals surface area contributed by atoms with Gasteiger partial charge in [0.2, 0.25) is 5.69 Å². The summed E-state index contributed by atoms with van der Waals surface area (Å²) >= 11 is 8.95. The zero-order valence-electron chi connectivity index (χ0n) is 40.9. The molecule has 0 aliphatic carbocycles. The number of hydrogen-bond donors (Lipinski definition) is 3. The number of pyridine rings is 7. The molecule has 76 heavy (non-hydrogen) atoms. The fraction of sp³-hybridized carbons (Fsp3) is 0.130. The predicted octanol–water partition coefficient (Wildman–Crippen LogP) is 4.95. The number of anilines is 2. The number of piperazine rings is 1. The van der Waals surface area contributed by atoms with Gasteiger partial charge in [0.05, 0.1) is 39.7 Å². The van der Waals surface area contributed by atoms with Crippen LogP contribution in [0.1, 0.15) is 37.4 Å². The van der Waals surface area contributed by atoms with Crippen LogP contribution in [-0.2, 0) is 6.42 Å². The summed E-state index contributed by atoms with van der Waals surface area (Å²) in [5, 5.41) is 42.1. The van der Waals surface area contributed by atoms with E-state index >= 15 is 0 Å². The van der Waals surface area contributed by atoms with E-state index in [1.54, 1.807) is 24.7 Å². The molecule has 10 rings (SSSR count). The summed E-state index contributed by atoms with van der Waals surface area (Å²) in [5.41, 5.74) is 11.6. The zero-order valence-corrected chi connectivity index (χ0v) is 45.2. The number of hydrogen-bond acceptors (Lipinski definition) is 16. The summed E-state index contributed by atoms with van der Waals surface area (Å²) in [5.74, 6) is 0.284. The number of benzene rings is 2. The summed E-state index contributed by atoms with van der Waals surface area (Å²) < 4.78 is 0.905. The molecule has 2 aromatic carbocycles. The zero-order chi connectivity index (χ0) is 53.7. The summed E-state index contributed by atoms with van der Waals surface area (Å²) in [6, 6.07) is 29.7. The third kappa shape index (κ3) is 15.9. The number of aromatic amines is 1. The average Bonchev–Trinajstić information content (AvgIpc) is 3.44. The number of allylic oxidation sites excluding steroid dienone is 1. The van der Waals surface area contributed by atoms with Crippen molar-refractivity contribution in [3.8, 4) is 18.2 Å². The van der Waals surface area contributed by atoms with E-state index in [0.717, 1.165) is 82.5 Å². The largest absolute Gasteiger partial charge is 1.00 e. The topological polar surface area (TPSA) is 288 Å². The number of H-pyrrole nitrogens is 1. The Kier molecular flexibility index (Phi) is 22.4.